The molecule has 0 saturated heterocycles. The van der Waals surface area contributed by atoms with Crippen LogP contribution >= 0.6 is 11.8 Å². The van der Waals surface area contributed by atoms with Gasteiger partial charge in [-0.25, -0.2) is 0 Å². The van der Waals surface area contributed by atoms with Crippen molar-refractivity contribution in [3.8, 4) is 17.1 Å². The average Bonchev–Trinajstić information content (AvgIpc) is 3.44. The molecule has 8 heteroatoms. The summed E-state index contributed by atoms with van der Waals surface area (Å²) in [5.74, 6) is 3.44. The first-order chi connectivity index (χ1) is 13.8. The zero-order valence-corrected chi connectivity index (χ0v) is 16.6. The van der Waals surface area contributed by atoms with Crippen LogP contribution in [0, 0.1) is 6.92 Å². The van der Waals surface area contributed by atoms with Gasteiger partial charge in [-0.1, -0.05) is 48.5 Å². The van der Waals surface area contributed by atoms with Crippen molar-refractivity contribution in [2.75, 3.05) is 0 Å². The Labute approximate surface area is 167 Å². The minimum atomic E-state index is 0.536. The number of unbranched alkanes of at least 4 members (excludes halogenated alkanes) is 1. The van der Waals surface area contributed by atoms with Crippen molar-refractivity contribution < 1.29 is 8.94 Å². The molecule has 3 heterocycles. The van der Waals surface area contributed by atoms with Crippen LogP contribution in [-0.2, 0) is 12.2 Å². The molecule has 28 heavy (non-hydrogen) atoms. The summed E-state index contributed by atoms with van der Waals surface area (Å²) in [5, 5.41) is 13.6. The fourth-order valence-electron chi connectivity index (χ4n) is 2.88. The summed E-state index contributed by atoms with van der Waals surface area (Å²) in [4.78, 5) is 4.47. The van der Waals surface area contributed by atoms with Crippen molar-refractivity contribution in [2.24, 2.45) is 0 Å². The monoisotopic (exact) mass is 395 g/mol. The van der Waals surface area contributed by atoms with E-state index in [1.54, 1.807) is 6.26 Å². The molecule has 0 unspecified atom stereocenters. The first-order valence-corrected chi connectivity index (χ1v) is 10.2. The summed E-state index contributed by atoms with van der Waals surface area (Å²) in [5.41, 5.74) is 1.91. The van der Waals surface area contributed by atoms with Gasteiger partial charge in [0.25, 0.3) is 0 Å². The fourth-order valence-corrected chi connectivity index (χ4v) is 3.67. The second kappa shape index (κ2) is 8.43. The second-order valence-electron chi connectivity index (χ2n) is 6.36. The normalized spacial score (nSPS) is 11.2. The zero-order chi connectivity index (χ0) is 19.3. The maximum absolute atomic E-state index is 5.46. The lowest BCUT2D eigenvalue weighted by Gasteiger charge is -2.09. The van der Waals surface area contributed by atoms with Crippen LogP contribution < -0.4 is 0 Å². The Morgan fingerprint density at radius 2 is 1.96 bits per heavy atom. The van der Waals surface area contributed by atoms with Crippen LogP contribution in [0.25, 0.3) is 17.1 Å². The van der Waals surface area contributed by atoms with Crippen molar-refractivity contribution in [1.29, 1.82) is 0 Å². The van der Waals surface area contributed by atoms with Crippen LogP contribution in [0.15, 0.2) is 56.8 Å². The first kappa shape index (κ1) is 18.5. The van der Waals surface area contributed by atoms with Gasteiger partial charge in [-0.3, -0.25) is 4.57 Å². The van der Waals surface area contributed by atoms with Gasteiger partial charge in [-0.05, 0) is 31.5 Å². The lowest BCUT2D eigenvalue weighted by atomic mass is 10.2. The molecule has 0 aliphatic carbocycles. The molecule has 144 valence electrons. The highest BCUT2D eigenvalue weighted by molar-refractivity contribution is 7.98. The molecular formula is C20H21N5O2S. The minimum absolute atomic E-state index is 0.536. The van der Waals surface area contributed by atoms with Crippen LogP contribution in [0.3, 0.4) is 0 Å². The quantitative estimate of drug-likeness (QED) is 0.394. The van der Waals surface area contributed by atoms with E-state index in [0.29, 0.717) is 11.6 Å². The molecule has 3 aromatic heterocycles. The van der Waals surface area contributed by atoms with Crippen molar-refractivity contribution in [2.45, 2.75) is 44.0 Å². The van der Waals surface area contributed by atoms with Gasteiger partial charge in [0.15, 0.2) is 16.8 Å². The van der Waals surface area contributed by atoms with E-state index in [0.717, 1.165) is 53.1 Å². The predicted molar refractivity (Wildman–Crippen MR) is 106 cm³/mol. The van der Waals surface area contributed by atoms with Crippen LogP contribution in [0.5, 0.6) is 0 Å². The molecule has 0 saturated carbocycles. The topological polar surface area (TPSA) is 82.8 Å². The Kier molecular flexibility index (Phi) is 5.57. The van der Waals surface area contributed by atoms with Gasteiger partial charge in [-0.2, -0.15) is 4.98 Å². The van der Waals surface area contributed by atoms with Crippen LogP contribution in [-0.4, -0.2) is 24.9 Å². The minimum Gasteiger partial charge on any atom is -0.469 e. The second-order valence-corrected chi connectivity index (χ2v) is 7.31. The number of rotatable bonds is 8. The Hall–Kier alpha value is -2.87. The third kappa shape index (κ3) is 3.87. The third-order valence-corrected chi connectivity index (χ3v) is 5.25. The number of para-hydroxylation sites is 1. The van der Waals surface area contributed by atoms with Crippen LogP contribution in [0.2, 0.25) is 0 Å². The number of nitrogens with zero attached hydrogens (tertiary/aromatic N) is 5. The van der Waals surface area contributed by atoms with E-state index in [1.165, 1.54) is 11.8 Å². The lowest BCUT2D eigenvalue weighted by Crippen LogP contribution is -1.99. The number of hydrogen-bond acceptors (Lipinski definition) is 7. The molecule has 0 radical (unpaired) electrons. The molecule has 0 bridgehead atoms. The predicted octanol–water partition coefficient (Wildman–Crippen LogP) is 4.85. The largest absolute Gasteiger partial charge is 0.469 e. The smallest absolute Gasteiger partial charge is 0.237 e. The van der Waals surface area contributed by atoms with E-state index in [-0.39, 0.29) is 0 Å². The highest BCUT2D eigenvalue weighted by atomic mass is 32.2. The SMILES string of the molecule is CCCCc1noc(CSc2nnc(-c3ccoc3C)n2-c2ccccc2)n1. The van der Waals surface area contributed by atoms with E-state index in [9.17, 15) is 0 Å². The molecule has 4 rings (SSSR count). The van der Waals surface area contributed by atoms with Gasteiger partial charge in [0, 0.05) is 12.1 Å². The summed E-state index contributed by atoms with van der Waals surface area (Å²) < 4.78 is 12.9. The standard InChI is InChI=1S/C20H21N5O2S/c1-3-4-10-17-21-18(27-24-17)13-28-20-23-22-19(16-11-12-26-14(16)2)25(20)15-8-6-5-7-9-15/h5-9,11-12H,3-4,10,13H2,1-2H3. The van der Waals surface area contributed by atoms with Gasteiger partial charge in [-0.15, -0.1) is 10.2 Å². The van der Waals surface area contributed by atoms with Gasteiger partial charge in [0.1, 0.15) is 5.76 Å². The molecule has 0 N–H and O–H groups in total. The lowest BCUT2D eigenvalue weighted by molar-refractivity contribution is 0.384. The van der Waals surface area contributed by atoms with E-state index in [1.807, 2.05) is 47.9 Å². The van der Waals surface area contributed by atoms with Gasteiger partial charge in [0.05, 0.1) is 17.6 Å². The van der Waals surface area contributed by atoms with Crippen molar-refractivity contribution in [3.05, 3.63) is 60.1 Å². The molecule has 0 atom stereocenters. The molecule has 4 aromatic rings. The molecule has 0 amide bonds. The molecule has 1 aromatic carbocycles. The van der Waals surface area contributed by atoms with Crippen LogP contribution in [0.1, 0.15) is 37.2 Å². The van der Waals surface area contributed by atoms with Crippen molar-refractivity contribution in [1.82, 2.24) is 24.9 Å². The summed E-state index contributed by atoms with van der Waals surface area (Å²) >= 11 is 1.52. The molecule has 0 aliphatic heterocycles. The average molecular weight is 395 g/mol. The van der Waals surface area contributed by atoms with Gasteiger partial charge < -0.3 is 8.94 Å². The fraction of sp³-hybridized carbons (Fsp3) is 0.300. The Morgan fingerprint density at radius 1 is 1.11 bits per heavy atom. The van der Waals surface area contributed by atoms with E-state index < -0.39 is 0 Å². The number of aromatic nitrogens is 5. The van der Waals surface area contributed by atoms with Crippen molar-refractivity contribution >= 4 is 11.8 Å². The highest BCUT2D eigenvalue weighted by Gasteiger charge is 2.19. The van der Waals surface area contributed by atoms with E-state index >= 15 is 0 Å². The zero-order valence-electron chi connectivity index (χ0n) is 15.8. The van der Waals surface area contributed by atoms with Crippen LogP contribution in [0.4, 0.5) is 0 Å². The summed E-state index contributed by atoms with van der Waals surface area (Å²) in [6.45, 7) is 4.06. The third-order valence-electron chi connectivity index (χ3n) is 4.34. The maximum Gasteiger partial charge on any atom is 0.237 e. The molecule has 7 nitrogen and oxygen atoms in total. The number of furan rings is 1. The summed E-state index contributed by atoms with van der Waals surface area (Å²) in [7, 11) is 0. The summed E-state index contributed by atoms with van der Waals surface area (Å²) in [6.07, 6.45) is 4.67. The Bertz CT molecular complexity index is 1040. The highest BCUT2D eigenvalue weighted by Crippen LogP contribution is 2.31. The van der Waals surface area contributed by atoms with E-state index in [2.05, 4.69) is 27.3 Å². The maximum atomic E-state index is 5.46. The number of benzene rings is 1. The molecule has 0 spiro atoms. The van der Waals surface area contributed by atoms with Gasteiger partial charge in [0.2, 0.25) is 5.89 Å². The first-order valence-electron chi connectivity index (χ1n) is 9.26. The van der Waals surface area contributed by atoms with Gasteiger partial charge >= 0.3 is 0 Å². The molecule has 0 aliphatic rings. The Morgan fingerprint density at radius 3 is 2.71 bits per heavy atom. The molecule has 0 fully saturated rings. The number of thioether (sulfide) groups is 1. The number of aryl methyl sites for hydroxylation is 2. The summed E-state index contributed by atoms with van der Waals surface area (Å²) in [6, 6.07) is 11.9. The van der Waals surface area contributed by atoms with Crippen molar-refractivity contribution in [3.63, 3.8) is 0 Å². The van der Waals surface area contributed by atoms with E-state index in [4.69, 9.17) is 8.94 Å². The Balaban J connectivity index is 1.61. The molecular weight excluding hydrogens is 374 g/mol. The number of hydrogen-bond donors (Lipinski definition) is 0.